The molecule has 2 aromatic rings. The van der Waals surface area contributed by atoms with Crippen molar-refractivity contribution in [3.05, 3.63) is 59.1 Å². The summed E-state index contributed by atoms with van der Waals surface area (Å²) in [5.41, 5.74) is 7.20. The first kappa shape index (κ1) is 14.4. The van der Waals surface area contributed by atoms with E-state index in [1.165, 1.54) is 0 Å². The molecule has 4 nitrogen and oxygen atoms in total. The Labute approximate surface area is 122 Å². The number of ether oxygens (including phenoxy) is 1. The van der Waals surface area contributed by atoms with Crippen LogP contribution in [-0.2, 0) is 6.42 Å². The second kappa shape index (κ2) is 6.93. The maximum atomic E-state index is 11.7. The number of benzene rings is 2. The van der Waals surface area contributed by atoms with E-state index < -0.39 is 6.09 Å². The largest absolute Gasteiger partial charge is 0.417 e. The Hall–Kier alpha value is -2.04. The number of halogens is 1. The number of anilines is 1. The Kier molecular flexibility index (Phi) is 4.98. The summed E-state index contributed by atoms with van der Waals surface area (Å²) in [6.07, 6.45) is 0.260. The second-order valence-corrected chi connectivity index (χ2v) is 4.64. The van der Waals surface area contributed by atoms with Gasteiger partial charge in [-0.1, -0.05) is 23.7 Å². The third-order valence-electron chi connectivity index (χ3n) is 2.66. The first-order valence-electron chi connectivity index (χ1n) is 6.21. The van der Waals surface area contributed by atoms with Crippen LogP contribution in [0.4, 0.5) is 10.5 Å². The standard InChI is InChI=1S/C15H15ClN2O2/c16-12-3-5-13(6-4-12)18-15(19)20-14-7-1-11(2-8-14)9-10-17/h1-8H,9-10,17H2,(H,18,19). The minimum atomic E-state index is -0.543. The van der Waals surface area contributed by atoms with E-state index in [1.54, 1.807) is 36.4 Å². The summed E-state index contributed by atoms with van der Waals surface area (Å²) in [4.78, 5) is 11.7. The van der Waals surface area contributed by atoms with Crippen molar-refractivity contribution in [1.82, 2.24) is 0 Å². The van der Waals surface area contributed by atoms with Gasteiger partial charge in [-0.15, -0.1) is 0 Å². The molecule has 0 unspecified atom stereocenters. The summed E-state index contributed by atoms with van der Waals surface area (Å²) in [5.74, 6) is 0.484. The van der Waals surface area contributed by atoms with Gasteiger partial charge in [0.2, 0.25) is 0 Å². The molecule has 0 bridgehead atoms. The molecule has 0 aliphatic rings. The third kappa shape index (κ3) is 4.26. The molecule has 0 radical (unpaired) electrons. The van der Waals surface area contributed by atoms with Crippen molar-refractivity contribution in [1.29, 1.82) is 0 Å². The predicted octanol–water partition coefficient (Wildman–Crippen LogP) is 3.45. The molecule has 3 N–H and O–H groups in total. The zero-order valence-corrected chi connectivity index (χ0v) is 11.6. The van der Waals surface area contributed by atoms with Crippen molar-refractivity contribution >= 4 is 23.4 Å². The van der Waals surface area contributed by atoms with Crippen LogP contribution in [0.3, 0.4) is 0 Å². The van der Waals surface area contributed by atoms with E-state index in [0.717, 1.165) is 12.0 Å². The van der Waals surface area contributed by atoms with E-state index in [0.29, 0.717) is 23.0 Å². The molecular formula is C15H15ClN2O2. The molecule has 2 rings (SSSR count). The van der Waals surface area contributed by atoms with Gasteiger partial charge in [0.15, 0.2) is 0 Å². The van der Waals surface area contributed by atoms with Crippen LogP contribution in [0.5, 0.6) is 5.75 Å². The highest BCUT2D eigenvalue weighted by Crippen LogP contribution is 2.16. The molecule has 0 aromatic heterocycles. The predicted molar refractivity (Wildman–Crippen MR) is 80.3 cm³/mol. The Balaban J connectivity index is 1.92. The molecule has 20 heavy (non-hydrogen) atoms. The zero-order chi connectivity index (χ0) is 14.4. The van der Waals surface area contributed by atoms with Crippen LogP contribution in [0.15, 0.2) is 48.5 Å². The molecule has 5 heteroatoms. The first-order chi connectivity index (χ1) is 9.67. The number of carbonyl (C=O) groups excluding carboxylic acids is 1. The SMILES string of the molecule is NCCc1ccc(OC(=O)Nc2ccc(Cl)cc2)cc1. The number of nitrogens with one attached hydrogen (secondary N) is 1. The Bertz CT molecular complexity index is 567. The van der Waals surface area contributed by atoms with Gasteiger partial charge in [0.05, 0.1) is 0 Å². The molecule has 0 spiro atoms. The lowest BCUT2D eigenvalue weighted by Gasteiger charge is -2.07. The molecule has 0 aliphatic heterocycles. The lowest BCUT2D eigenvalue weighted by molar-refractivity contribution is 0.215. The molecule has 0 heterocycles. The van der Waals surface area contributed by atoms with Crippen molar-refractivity contribution in [2.24, 2.45) is 5.73 Å². The summed E-state index contributed by atoms with van der Waals surface area (Å²) < 4.78 is 5.17. The minimum Gasteiger partial charge on any atom is -0.410 e. The van der Waals surface area contributed by atoms with Crippen molar-refractivity contribution in [3.63, 3.8) is 0 Å². The second-order valence-electron chi connectivity index (χ2n) is 4.20. The van der Waals surface area contributed by atoms with Gasteiger partial charge in [-0.2, -0.15) is 0 Å². The molecule has 0 fully saturated rings. The smallest absolute Gasteiger partial charge is 0.410 e. The van der Waals surface area contributed by atoms with Gasteiger partial charge in [-0.05, 0) is 54.9 Å². The highest BCUT2D eigenvalue weighted by molar-refractivity contribution is 6.30. The third-order valence-corrected chi connectivity index (χ3v) is 2.91. The quantitative estimate of drug-likeness (QED) is 0.906. The number of amides is 1. The van der Waals surface area contributed by atoms with Gasteiger partial charge in [0.1, 0.15) is 5.75 Å². The first-order valence-corrected chi connectivity index (χ1v) is 6.58. The summed E-state index contributed by atoms with van der Waals surface area (Å²) >= 11 is 5.77. The summed E-state index contributed by atoms with van der Waals surface area (Å²) in [6, 6.07) is 14.0. The topological polar surface area (TPSA) is 64.3 Å². The Morgan fingerprint density at radius 1 is 1.10 bits per heavy atom. The number of nitrogens with two attached hydrogens (primary N) is 1. The Morgan fingerprint density at radius 3 is 2.35 bits per heavy atom. The van der Waals surface area contributed by atoms with Gasteiger partial charge in [-0.3, -0.25) is 5.32 Å². The maximum absolute atomic E-state index is 11.7. The molecule has 0 saturated heterocycles. The maximum Gasteiger partial charge on any atom is 0.417 e. The van der Waals surface area contributed by atoms with Crippen LogP contribution in [0.1, 0.15) is 5.56 Å². The van der Waals surface area contributed by atoms with E-state index in [1.807, 2.05) is 12.1 Å². The minimum absolute atomic E-state index is 0.484. The number of rotatable bonds is 4. The monoisotopic (exact) mass is 290 g/mol. The van der Waals surface area contributed by atoms with Crippen molar-refractivity contribution in [2.45, 2.75) is 6.42 Å². The number of hydrogen-bond donors (Lipinski definition) is 2. The highest BCUT2D eigenvalue weighted by Gasteiger charge is 2.05. The Morgan fingerprint density at radius 2 is 1.75 bits per heavy atom. The number of carbonyl (C=O) groups is 1. The molecule has 0 atom stereocenters. The molecule has 1 amide bonds. The summed E-state index contributed by atoms with van der Waals surface area (Å²) in [5, 5.41) is 3.23. The van der Waals surface area contributed by atoms with Gasteiger partial charge in [0, 0.05) is 10.7 Å². The van der Waals surface area contributed by atoms with Gasteiger partial charge in [-0.25, -0.2) is 4.79 Å². The molecule has 0 aliphatic carbocycles. The van der Waals surface area contributed by atoms with Crippen LogP contribution in [0, 0.1) is 0 Å². The summed E-state index contributed by atoms with van der Waals surface area (Å²) in [6.45, 7) is 0.595. The fourth-order valence-electron chi connectivity index (χ4n) is 1.67. The van der Waals surface area contributed by atoms with Gasteiger partial charge >= 0.3 is 6.09 Å². The van der Waals surface area contributed by atoms with Crippen molar-refractivity contribution < 1.29 is 9.53 Å². The fourth-order valence-corrected chi connectivity index (χ4v) is 1.80. The van der Waals surface area contributed by atoms with Crippen LogP contribution in [0.2, 0.25) is 5.02 Å². The molecule has 104 valence electrons. The molecule has 2 aromatic carbocycles. The average molecular weight is 291 g/mol. The normalized spacial score (nSPS) is 10.1. The number of hydrogen-bond acceptors (Lipinski definition) is 3. The van der Waals surface area contributed by atoms with Crippen LogP contribution in [-0.4, -0.2) is 12.6 Å². The highest BCUT2D eigenvalue weighted by atomic mass is 35.5. The lowest BCUT2D eigenvalue weighted by Crippen LogP contribution is -2.16. The van der Waals surface area contributed by atoms with Crippen LogP contribution >= 0.6 is 11.6 Å². The van der Waals surface area contributed by atoms with Crippen LogP contribution in [0.25, 0.3) is 0 Å². The van der Waals surface area contributed by atoms with E-state index in [-0.39, 0.29) is 0 Å². The molecular weight excluding hydrogens is 276 g/mol. The van der Waals surface area contributed by atoms with E-state index >= 15 is 0 Å². The van der Waals surface area contributed by atoms with Crippen molar-refractivity contribution in [2.75, 3.05) is 11.9 Å². The van der Waals surface area contributed by atoms with E-state index in [2.05, 4.69) is 5.32 Å². The lowest BCUT2D eigenvalue weighted by atomic mass is 10.1. The summed E-state index contributed by atoms with van der Waals surface area (Å²) in [7, 11) is 0. The average Bonchev–Trinajstić information content (AvgIpc) is 2.44. The zero-order valence-electron chi connectivity index (χ0n) is 10.8. The van der Waals surface area contributed by atoms with Crippen LogP contribution < -0.4 is 15.8 Å². The molecule has 0 saturated carbocycles. The van der Waals surface area contributed by atoms with Gasteiger partial charge in [0.25, 0.3) is 0 Å². The van der Waals surface area contributed by atoms with Crippen molar-refractivity contribution in [3.8, 4) is 5.75 Å². The fraction of sp³-hybridized carbons (Fsp3) is 0.133. The van der Waals surface area contributed by atoms with E-state index in [9.17, 15) is 4.79 Å². The van der Waals surface area contributed by atoms with E-state index in [4.69, 9.17) is 22.1 Å². The van der Waals surface area contributed by atoms with Gasteiger partial charge < -0.3 is 10.5 Å².